The molecule has 0 saturated carbocycles. The molecule has 1 rings (SSSR count). The van der Waals surface area contributed by atoms with Gasteiger partial charge in [0.15, 0.2) is 0 Å². The number of rotatable bonds is 6. The normalized spacial score (nSPS) is 13.6. The molecular weight excluding hydrogens is 384 g/mol. The molecule has 1 atom stereocenters. The highest BCUT2D eigenvalue weighted by Gasteiger charge is 2.26. The van der Waals surface area contributed by atoms with Crippen molar-refractivity contribution in [2.45, 2.75) is 37.9 Å². The van der Waals surface area contributed by atoms with Crippen LogP contribution < -0.4 is 0 Å². The zero-order valence-electron chi connectivity index (χ0n) is 10.1. The first kappa shape index (κ1) is 16.1. The summed E-state index contributed by atoms with van der Waals surface area (Å²) >= 11 is 6.66. The van der Waals surface area contributed by atoms with E-state index in [2.05, 4.69) is 38.8 Å². The van der Waals surface area contributed by atoms with E-state index in [1.807, 2.05) is 0 Å². The molecule has 0 aromatic heterocycles. The first-order valence-corrected chi connectivity index (χ1v) is 8.86. The highest BCUT2D eigenvalue weighted by Crippen LogP contribution is 2.34. The van der Waals surface area contributed by atoms with Gasteiger partial charge in [-0.25, -0.2) is 0 Å². The number of hydrogen-bond acceptors (Lipinski definition) is 2. The highest BCUT2D eigenvalue weighted by molar-refractivity contribution is 9.11. The van der Waals surface area contributed by atoms with Crippen molar-refractivity contribution >= 4 is 42.0 Å². The molecule has 1 aromatic rings. The summed E-state index contributed by atoms with van der Waals surface area (Å²) in [5.41, 5.74) is 0.608. The number of hydrogen-bond donors (Lipinski definition) is 1. The van der Waals surface area contributed by atoms with Gasteiger partial charge in [-0.1, -0.05) is 64.1 Å². The summed E-state index contributed by atoms with van der Waals surface area (Å²) in [6, 6.07) is 5.28. The van der Waals surface area contributed by atoms with Crippen LogP contribution in [-0.2, 0) is 10.1 Å². The summed E-state index contributed by atoms with van der Waals surface area (Å²) in [6.07, 6.45) is 3.19. The lowest BCUT2D eigenvalue weighted by atomic mass is 10.1. The second kappa shape index (κ2) is 7.03. The Hall–Kier alpha value is 0.0900. The predicted molar refractivity (Wildman–Crippen MR) is 80.3 cm³/mol. The van der Waals surface area contributed by atoms with Crippen LogP contribution in [0.2, 0.25) is 0 Å². The van der Waals surface area contributed by atoms with Gasteiger partial charge in [0, 0.05) is 8.95 Å². The maximum absolute atomic E-state index is 11.5. The smallest absolute Gasteiger partial charge is 0.272 e. The molecular formula is C12H16Br2O3S. The van der Waals surface area contributed by atoms with Gasteiger partial charge in [0.25, 0.3) is 10.1 Å². The first-order chi connectivity index (χ1) is 8.36. The Morgan fingerprint density at radius 3 is 2.44 bits per heavy atom. The van der Waals surface area contributed by atoms with E-state index in [0.29, 0.717) is 16.5 Å². The van der Waals surface area contributed by atoms with Crippen LogP contribution in [0, 0.1) is 0 Å². The Morgan fingerprint density at radius 1 is 1.28 bits per heavy atom. The molecule has 0 radical (unpaired) electrons. The van der Waals surface area contributed by atoms with Gasteiger partial charge in [-0.2, -0.15) is 8.42 Å². The molecule has 0 heterocycles. The van der Waals surface area contributed by atoms with E-state index in [9.17, 15) is 13.0 Å². The summed E-state index contributed by atoms with van der Waals surface area (Å²) in [4.78, 5) is 0. The van der Waals surface area contributed by atoms with Crippen LogP contribution in [-0.4, -0.2) is 13.0 Å². The van der Waals surface area contributed by atoms with E-state index in [1.54, 1.807) is 18.2 Å². The third kappa shape index (κ3) is 4.64. The number of unbranched alkanes of at least 4 members (excludes halogenated alkanes) is 2. The minimum Gasteiger partial charge on any atom is -0.285 e. The van der Waals surface area contributed by atoms with Crippen molar-refractivity contribution < 1.29 is 13.0 Å². The fourth-order valence-electron chi connectivity index (χ4n) is 1.81. The monoisotopic (exact) mass is 398 g/mol. The largest absolute Gasteiger partial charge is 0.285 e. The van der Waals surface area contributed by atoms with Crippen molar-refractivity contribution in [2.24, 2.45) is 0 Å². The molecule has 0 saturated heterocycles. The van der Waals surface area contributed by atoms with Crippen LogP contribution in [0.4, 0.5) is 0 Å². The van der Waals surface area contributed by atoms with Crippen LogP contribution in [0.25, 0.3) is 0 Å². The fourth-order valence-corrected chi connectivity index (χ4v) is 4.27. The summed E-state index contributed by atoms with van der Waals surface area (Å²) in [7, 11) is -4.08. The predicted octanol–water partition coefficient (Wildman–Crippen LogP) is 4.72. The van der Waals surface area contributed by atoms with E-state index in [4.69, 9.17) is 0 Å². The third-order valence-corrected chi connectivity index (χ3v) is 5.13. The van der Waals surface area contributed by atoms with Crippen molar-refractivity contribution in [3.8, 4) is 0 Å². The molecule has 0 aliphatic rings. The Balaban J connectivity index is 3.03. The Labute approximate surface area is 125 Å². The van der Waals surface area contributed by atoms with E-state index >= 15 is 0 Å². The van der Waals surface area contributed by atoms with E-state index in [-0.39, 0.29) is 0 Å². The minimum absolute atomic E-state index is 0.437. The van der Waals surface area contributed by atoms with Crippen molar-refractivity contribution in [1.82, 2.24) is 0 Å². The summed E-state index contributed by atoms with van der Waals surface area (Å²) in [6.45, 7) is 2.05. The molecule has 102 valence electrons. The van der Waals surface area contributed by atoms with Crippen LogP contribution in [0.1, 0.15) is 43.4 Å². The summed E-state index contributed by atoms with van der Waals surface area (Å²) < 4.78 is 33.9. The van der Waals surface area contributed by atoms with E-state index < -0.39 is 15.4 Å². The molecule has 0 bridgehead atoms. The van der Waals surface area contributed by atoms with Crippen molar-refractivity contribution in [3.63, 3.8) is 0 Å². The van der Waals surface area contributed by atoms with E-state index in [0.717, 1.165) is 23.7 Å². The topological polar surface area (TPSA) is 54.4 Å². The van der Waals surface area contributed by atoms with Gasteiger partial charge in [-0.05, 0) is 24.1 Å². The average Bonchev–Trinajstić information content (AvgIpc) is 2.24. The molecule has 1 unspecified atom stereocenters. The molecule has 0 aliphatic heterocycles. The second-order valence-electron chi connectivity index (χ2n) is 4.17. The van der Waals surface area contributed by atoms with Crippen molar-refractivity contribution in [1.29, 1.82) is 0 Å². The molecule has 3 nitrogen and oxygen atoms in total. The minimum atomic E-state index is -4.08. The van der Waals surface area contributed by atoms with Crippen molar-refractivity contribution in [3.05, 3.63) is 32.7 Å². The molecule has 0 spiro atoms. The van der Waals surface area contributed by atoms with Gasteiger partial charge in [0.05, 0.1) is 0 Å². The van der Waals surface area contributed by atoms with E-state index in [1.165, 1.54) is 0 Å². The maximum Gasteiger partial charge on any atom is 0.272 e. The standard InChI is InChI=1S/C12H16Br2O3S/c1-2-3-4-5-12(18(15,16)17)10-7-6-9(13)8-11(10)14/h6-8,12H,2-5H2,1H3,(H,15,16,17). The SMILES string of the molecule is CCCCCC(c1ccc(Br)cc1Br)S(=O)(=O)O. The number of benzene rings is 1. The molecule has 6 heteroatoms. The zero-order chi connectivity index (χ0) is 13.8. The van der Waals surface area contributed by atoms with Gasteiger partial charge in [-0.15, -0.1) is 0 Å². The van der Waals surface area contributed by atoms with Crippen molar-refractivity contribution in [2.75, 3.05) is 0 Å². The summed E-state index contributed by atoms with van der Waals surface area (Å²) in [5, 5.41) is -0.855. The van der Waals surface area contributed by atoms with Crippen LogP contribution >= 0.6 is 31.9 Å². The number of halogens is 2. The fraction of sp³-hybridized carbons (Fsp3) is 0.500. The Kier molecular flexibility index (Phi) is 6.30. The van der Waals surface area contributed by atoms with Crippen LogP contribution in [0.3, 0.4) is 0 Å². The van der Waals surface area contributed by atoms with Gasteiger partial charge in [0.2, 0.25) is 0 Å². The molecule has 1 N–H and O–H groups in total. The van der Waals surface area contributed by atoms with Gasteiger partial charge in [0.1, 0.15) is 5.25 Å². The first-order valence-electron chi connectivity index (χ1n) is 5.77. The quantitative estimate of drug-likeness (QED) is 0.556. The molecule has 0 amide bonds. The average molecular weight is 400 g/mol. The third-order valence-electron chi connectivity index (χ3n) is 2.74. The molecule has 18 heavy (non-hydrogen) atoms. The lowest BCUT2D eigenvalue weighted by Gasteiger charge is -2.16. The van der Waals surface area contributed by atoms with Crippen LogP contribution in [0.15, 0.2) is 27.1 Å². The molecule has 0 aliphatic carbocycles. The zero-order valence-corrected chi connectivity index (χ0v) is 14.1. The Bertz CT molecular complexity index is 500. The lowest BCUT2D eigenvalue weighted by Crippen LogP contribution is -2.13. The lowest BCUT2D eigenvalue weighted by molar-refractivity contribution is 0.460. The Morgan fingerprint density at radius 2 is 1.94 bits per heavy atom. The van der Waals surface area contributed by atoms with Gasteiger partial charge in [-0.3, -0.25) is 4.55 Å². The summed E-state index contributed by atoms with van der Waals surface area (Å²) in [5.74, 6) is 0. The van der Waals surface area contributed by atoms with Gasteiger partial charge < -0.3 is 0 Å². The maximum atomic E-state index is 11.5. The molecule has 0 fully saturated rings. The highest BCUT2D eigenvalue weighted by atomic mass is 79.9. The molecule has 1 aromatic carbocycles. The van der Waals surface area contributed by atoms with Gasteiger partial charge >= 0.3 is 0 Å². The second-order valence-corrected chi connectivity index (χ2v) is 7.53. The van der Waals surface area contributed by atoms with Crippen LogP contribution in [0.5, 0.6) is 0 Å².